The normalized spacial score (nSPS) is 10.4. The Kier molecular flexibility index (Phi) is 6.27. The monoisotopic (exact) mass is 380 g/mol. The van der Waals surface area contributed by atoms with Gasteiger partial charge in [-0.3, -0.25) is 9.36 Å². The van der Waals surface area contributed by atoms with Crippen molar-refractivity contribution in [2.45, 2.75) is 11.7 Å². The van der Waals surface area contributed by atoms with Crippen LogP contribution < -0.4 is 10.1 Å². The van der Waals surface area contributed by atoms with Gasteiger partial charge < -0.3 is 10.1 Å². The lowest BCUT2D eigenvalue weighted by Gasteiger charge is -2.09. The van der Waals surface area contributed by atoms with Crippen molar-refractivity contribution < 1.29 is 9.53 Å². The van der Waals surface area contributed by atoms with Crippen molar-refractivity contribution in [2.75, 3.05) is 18.2 Å². The largest absolute Gasteiger partial charge is 0.497 e. The molecule has 0 aliphatic heterocycles. The van der Waals surface area contributed by atoms with Crippen molar-refractivity contribution in [3.63, 3.8) is 0 Å². The van der Waals surface area contributed by atoms with Gasteiger partial charge in [-0.15, -0.1) is 16.8 Å². The van der Waals surface area contributed by atoms with E-state index in [2.05, 4.69) is 22.1 Å². The van der Waals surface area contributed by atoms with Gasteiger partial charge in [-0.25, -0.2) is 0 Å². The number of ether oxygens (including phenoxy) is 1. The molecule has 0 saturated heterocycles. The molecule has 0 unspecified atom stereocenters. The molecule has 1 aromatic heterocycles. The van der Waals surface area contributed by atoms with Crippen LogP contribution in [0.15, 0.2) is 72.4 Å². The summed E-state index contributed by atoms with van der Waals surface area (Å²) in [4.78, 5) is 12.3. The van der Waals surface area contributed by atoms with Gasteiger partial charge in [0.05, 0.1) is 12.9 Å². The Hall–Kier alpha value is -3.06. The van der Waals surface area contributed by atoms with Crippen LogP contribution in [0.3, 0.4) is 0 Å². The number of aromatic nitrogens is 3. The van der Waals surface area contributed by atoms with E-state index in [1.807, 2.05) is 53.1 Å². The van der Waals surface area contributed by atoms with Crippen molar-refractivity contribution in [2.24, 2.45) is 0 Å². The molecular formula is C20H20N4O2S. The lowest BCUT2D eigenvalue weighted by Crippen LogP contribution is -2.14. The average molecular weight is 380 g/mol. The van der Waals surface area contributed by atoms with Crippen molar-refractivity contribution in [1.82, 2.24) is 14.8 Å². The highest BCUT2D eigenvalue weighted by atomic mass is 32.2. The van der Waals surface area contributed by atoms with Gasteiger partial charge in [0, 0.05) is 23.9 Å². The second-order valence-corrected chi connectivity index (χ2v) is 6.58. The van der Waals surface area contributed by atoms with Crippen LogP contribution in [0.25, 0.3) is 11.4 Å². The van der Waals surface area contributed by atoms with Crippen molar-refractivity contribution in [3.8, 4) is 17.1 Å². The summed E-state index contributed by atoms with van der Waals surface area (Å²) in [5.74, 6) is 1.55. The first-order valence-electron chi connectivity index (χ1n) is 8.37. The Morgan fingerprint density at radius 2 is 2.04 bits per heavy atom. The van der Waals surface area contributed by atoms with Crippen LogP contribution in [0.2, 0.25) is 0 Å². The van der Waals surface area contributed by atoms with E-state index in [-0.39, 0.29) is 11.7 Å². The zero-order valence-electron chi connectivity index (χ0n) is 15.0. The fraction of sp³-hybridized carbons (Fsp3) is 0.150. The lowest BCUT2D eigenvalue weighted by molar-refractivity contribution is -0.113. The molecule has 6 nitrogen and oxygen atoms in total. The molecule has 1 amide bonds. The third-order valence-electron chi connectivity index (χ3n) is 3.75. The van der Waals surface area contributed by atoms with E-state index in [4.69, 9.17) is 4.74 Å². The second-order valence-electron chi connectivity index (χ2n) is 5.64. The standard InChI is InChI=1S/C20H20N4O2S/c1-3-12-24-19(15-8-5-4-6-9-15)22-23-20(24)27-14-18(25)21-16-10-7-11-17(13-16)26-2/h3-11,13H,1,12,14H2,2H3,(H,21,25). The summed E-state index contributed by atoms with van der Waals surface area (Å²) < 4.78 is 7.12. The summed E-state index contributed by atoms with van der Waals surface area (Å²) in [5.41, 5.74) is 1.66. The first kappa shape index (κ1) is 18.7. The van der Waals surface area contributed by atoms with E-state index >= 15 is 0 Å². The Bertz CT molecular complexity index is 925. The van der Waals surface area contributed by atoms with Gasteiger partial charge in [0.25, 0.3) is 0 Å². The number of amides is 1. The lowest BCUT2D eigenvalue weighted by atomic mass is 10.2. The summed E-state index contributed by atoms with van der Waals surface area (Å²) in [6, 6.07) is 17.1. The molecule has 0 aliphatic rings. The molecule has 138 valence electrons. The molecule has 27 heavy (non-hydrogen) atoms. The maximum absolute atomic E-state index is 12.3. The number of nitrogens with one attached hydrogen (secondary N) is 1. The minimum absolute atomic E-state index is 0.123. The molecule has 3 aromatic rings. The first-order chi connectivity index (χ1) is 13.2. The van der Waals surface area contributed by atoms with Gasteiger partial charge in [-0.2, -0.15) is 0 Å². The van der Waals surface area contributed by atoms with Crippen LogP contribution in [-0.2, 0) is 11.3 Å². The molecule has 0 bridgehead atoms. The van der Waals surface area contributed by atoms with Crippen LogP contribution in [0.1, 0.15) is 0 Å². The number of hydrogen-bond acceptors (Lipinski definition) is 5. The summed E-state index contributed by atoms with van der Waals surface area (Å²) in [6.45, 7) is 4.37. The Balaban J connectivity index is 1.69. The van der Waals surface area contributed by atoms with Crippen molar-refractivity contribution >= 4 is 23.4 Å². The molecule has 0 fully saturated rings. The Morgan fingerprint density at radius 1 is 1.22 bits per heavy atom. The molecule has 0 radical (unpaired) electrons. The Morgan fingerprint density at radius 3 is 2.78 bits per heavy atom. The van der Waals surface area contributed by atoms with Crippen LogP contribution in [0, 0.1) is 0 Å². The summed E-state index contributed by atoms with van der Waals surface area (Å²) in [5, 5.41) is 12.1. The highest BCUT2D eigenvalue weighted by Crippen LogP contribution is 2.24. The van der Waals surface area contributed by atoms with Gasteiger partial charge >= 0.3 is 0 Å². The maximum Gasteiger partial charge on any atom is 0.234 e. The third kappa shape index (κ3) is 4.77. The summed E-state index contributed by atoms with van der Waals surface area (Å²) >= 11 is 1.34. The molecule has 7 heteroatoms. The van der Waals surface area contributed by atoms with Crippen LogP contribution in [0.5, 0.6) is 5.75 Å². The number of hydrogen-bond donors (Lipinski definition) is 1. The SMILES string of the molecule is C=CCn1c(SCC(=O)Nc2cccc(OC)c2)nnc1-c1ccccc1. The predicted molar refractivity (Wildman–Crippen MR) is 108 cm³/mol. The summed E-state index contributed by atoms with van der Waals surface area (Å²) in [6.07, 6.45) is 1.79. The number of thioether (sulfide) groups is 1. The number of rotatable bonds is 8. The fourth-order valence-electron chi connectivity index (χ4n) is 2.52. The molecule has 3 rings (SSSR count). The van der Waals surface area contributed by atoms with Gasteiger partial charge in [0.15, 0.2) is 11.0 Å². The molecule has 0 spiro atoms. The highest BCUT2D eigenvalue weighted by molar-refractivity contribution is 7.99. The maximum atomic E-state index is 12.3. The van der Waals surface area contributed by atoms with E-state index in [1.54, 1.807) is 19.3 Å². The zero-order chi connectivity index (χ0) is 19.1. The van der Waals surface area contributed by atoms with Crippen LogP contribution in [0.4, 0.5) is 5.69 Å². The van der Waals surface area contributed by atoms with E-state index in [9.17, 15) is 4.79 Å². The number of methoxy groups -OCH3 is 1. The minimum Gasteiger partial charge on any atom is -0.497 e. The highest BCUT2D eigenvalue weighted by Gasteiger charge is 2.15. The van der Waals surface area contributed by atoms with E-state index < -0.39 is 0 Å². The third-order valence-corrected chi connectivity index (χ3v) is 4.71. The number of anilines is 1. The fourth-order valence-corrected chi connectivity index (χ4v) is 3.27. The van der Waals surface area contributed by atoms with E-state index in [0.29, 0.717) is 23.1 Å². The number of nitrogens with zero attached hydrogens (tertiary/aromatic N) is 3. The average Bonchev–Trinajstić information content (AvgIpc) is 3.10. The topological polar surface area (TPSA) is 69.0 Å². The van der Waals surface area contributed by atoms with Crippen LogP contribution >= 0.6 is 11.8 Å². The number of allylic oxidation sites excluding steroid dienone is 1. The van der Waals surface area contributed by atoms with E-state index in [0.717, 1.165) is 11.4 Å². The first-order valence-corrected chi connectivity index (χ1v) is 9.36. The summed E-state index contributed by atoms with van der Waals surface area (Å²) in [7, 11) is 1.59. The Labute approximate surface area is 162 Å². The smallest absolute Gasteiger partial charge is 0.234 e. The van der Waals surface area contributed by atoms with Gasteiger partial charge in [-0.05, 0) is 12.1 Å². The van der Waals surface area contributed by atoms with Crippen molar-refractivity contribution in [1.29, 1.82) is 0 Å². The molecule has 0 saturated carbocycles. The molecule has 1 N–H and O–H groups in total. The molecular weight excluding hydrogens is 360 g/mol. The predicted octanol–water partition coefficient (Wildman–Crippen LogP) is 3.87. The van der Waals surface area contributed by atoms with Gasteiger partial charge in [-0.1, -0.05) is 54.2 Å². The number of benzene rings is 2. The minimum atomic E-state index is -0.123. The van der Waals surface area contributed by atoms with E-state index in [1.165, 1.54) is 11.8 Å². The number of carbonyl (C=O) groups excluding carboxylic acids is 1. The quantitative estimate of drug-likeness (QED) is 0.475. The van der Waals surface area contributed by atoms with Gasteiger partial charge in [0.2, 0.25) is 5.91 Å². The second kappa shape index (κ2) is 9.05. The molecule has 0 aliphatic carbocycles. The van der Waals surface area contributed by atoms with Crippen molar-refractivity contribution in [3.05, 3.63) is 67.3 Å². The van der Waals surface area contributed by atoms with Gasteiger partial charge in [0.1, 0.15) is 5.75 Å². The molecule has 2 aromatic carbocycles. The molecule has 0 atom stereocenters. The zero-order valence-corrected chi connectivity index (χ0v) is 15.8. The van der Waals surface area contributed by atoms with Crippen LogP contribution in [-0.4, -0.2) is 33.5 Å². The number of carbonyl (C=O) groups is 1. The molecule has 1 heterocycles.